The summed E-state index contributed by atoms with van der Waals surface area (Å²) in [5, 5.41) is 0.928. The van der Waals surface area contributed by atoms with Crippen molar-refractivity contribution in [2.24, 2.45) is 5.73 Å². The molecule has 3 nitrogen and oxygen atoms in total. The van der Waals surface area contributed by atoms with Crippen LogP contribution in [-0.2, 0) is 0 Å². The van der Waals surface area contributed by atoms with E-state index in [0.29, 0.717) is 4.99 Å². The Morgan fingerprint density at radius 2 is 2.06 bits per heavy atom. The Bertz CT molecular complexity index is 566. The molecule has 1 heterocycles. The predicted molar refractivity (Wildman–Crippen MR) is 68.9 cm³/mol. The zero-order valence-corrected chi connectivity index (χ0v) is 9.97. The van der Waals surface area contributed by atoms with Crippen molar-refractivity contribution in [1.29, 1.82) is 0 Å². The summed E-state index contributed by atoms with van der Waals surface area (Å²) < 4.78 is 5.27. The summed E-state index contributed by atoms with van der Waals surface area (Å²) in [4.78, 5) is 4.82. The molecule has 0 aliphatic heterocycles. The fourth-order valence-corrected chi connectivity index (χ4v) is 1.85. The molecule has 0 aliphatic rings. The average molecular weight is 232 g/mol. The van der Waals surface area contributed by atoms with Gasteiger partial charge in [-0.25, -0.2) is 4.98 Å². The smallest absolute Gasteiger partial charge is 0.145 e. The van der Waals surface area contributed by atoms with Crippen molar-refractivity contribution in [3.8, 4) is 5.75 Å². The first-order chi connectivity index (χ1) is 7.63. The maximum Gasteiger partial charge on any atom is 0.145 e. The minimum absolute atomic E-state index is 0.373. The highest BCUT2D eigenvalue weighted by Gasteiger charge is 2.09. The number of pyridine rings is 1. The Balaban J connectivity index is 2.85. The molecule has 2 rings (SSSR count). The SMILES string of the molecule is COc1ccc(C(N)=S)c2ccc(C)nc12. The van der Waals surface area contributed by atoms with Crippen LogP contribution in [0.25, 0.3) is 10.9 Å². The number of hydrogen-bond donors (Lipinski definition) is 1. The van der Waals surface area contributed by atoms with Crippen molar-refractivity contribution >= 4 is 28.1 Å². The van der Waals surface area contributed by atoms with E-state index < -0.39 is 0 Å². The van der Waals surface area contributed by atoms with Crippen LogP contribution in [0.2, 0.25) is 0 Å². The van der Waals surface area contributed by atoms with Crippen LogP contribution >= 0.6 is 12.2 Å². The fourth-order valence-electron chi connectivity index (χ4n) is 1.67. The lowest BCUT2D eigenvalue weighted by Gasteiger charge is -2.09. The minimum Gasteiger partial charge on any atom is -0.494 e. The Morgan fingerprint density at radius 3 is 2.69 bits per heavy atom. The molecular formula is C12H12N2OS. The Kier molecular flexibility index (Phi) is 2.75. The predicted octanol–water partition coefficient (Wildman–Crippen LogP) is 2.19. The van der Waals surface area contributed by atoms with Crippen molar-refractivity contribution in [1.82, 2.24) is 4.98 Å². The molecule has 0 atom stereocenters. The second kappa shape index (κ2) is 4.06. The van der Waals surface area contributed by atoms with Crippen LogP contribution in [0.1, 0.15) is 11.3 Å². The van der Waals surface area contributed by atoms with Gasteiger partial charge in [0, 0.05) is 16.6 Å². The van der Waals surface area contributed by atoms with E-state index >= 15 is 0 Å². The number of methoxy groups -OCH3 is 1. The van der Waals surface area contributed by atoms with E-state index in [1.807, 2.05) is 31.2 Å². The number of aromatic nitrogens is 1. The lowest BCUT2D eigenvalue weighted by atomic mass is 10.1. The number of rotatable bonds is 2. The van der Waals surface area contributed by atoms with Gasteiger partial charge in [-0.2, -0.15) is 0 Å². The Morgan fingerprint density at radius 1 is 1.31 bits per heavy atom. The third-order valence-corrected chi connectivity index (χ3v) is 2.66. The molecule has 0 radical (unpaired) electrons. The van der Waals surface area contributed by atoms with Crippen molar-refractivity contribution in [2.75, 3.05) is 7.11 Å². The zero-order chi connectivity index (χ0) is 11.7. The summed E-state index contributed by atoms with van der Waals surface area (Å²) in [6.07, 6.45) is 0. The summed E-state index contributed by atoms with van der Waals surface area (Å²) in [6, 6.07) is 7.60. The summed E-state index contributed by atoms with van der Waals surface area (Å²) in [5.74, 6) is 0.735. The number of hydrogen-bond acceptors (Lipinski definition) is 3. The zero-order valence-electron chi connectivity index (χ0n) is 9.15. The highest BCUT2D eigenvalue weighted by atomic mass is 32.1. The molecule has 82 valence electrons. The summed E-state index contributed by atoms with van der Waals surface area (Å²) in [5.41, 5.74) is 8.24. The molecule has 0 bridgehead atoms. The van der Waals surface area contributed by atoms with Crippen LogP contribution in [0.5, 0.6) is 5.75 Å². The van der Waals surface area contributed by atoms with Crippen LogP contribution in [0.3, 0.4) is 0 Å². The Hall–Kier alpha value is -1.68. The third-order valence-electron chi connectivity index (χ3n) is 2.44. The van der Waals surface area contributed by atoms with Gasteiger partial charge in [0.05, 0.1) is 7.11 Å². The van der Waals surface area contributed by atoms with Crippen molar-refractivity contribution in [3.63, 3.8) is 0 Å². The molecule has 1 aromatic carbocycles. The topological polar surface area (TPSA) is 48.1 Å². The summed E-state index contributed by atoms with van der Waals surface area (Å²) in [6.45, 7) is 1.94. The highest BCUT2D eigenvalue weighted by molar-refractivity contribution is 7.80. The second-order valence-electron chi connectivity index (χ2n) is 3.53. The molecule has 0 unspecified atom stereocenters. The molecule has 0 aliphatic carbocycles. The van der Waals surface area contributed by atoms with E-state index in [1.165, 1.54) is 0 Å². The van der Waals surface area contributed by atoms with Gasteiger partial charge in [-0.05, 0) is 25.1 Å². The quantitative estimate of drug-likeness (QED) is 0.806. The first-order valence-electron chi connectivity index (χ1n) is 4.87. The molecule has 0 spiro atoms. The molecule has 2 aromatic rings. The van der Waals surface area contributed by atoms with E-state index in [-0.39, 0.29) is 0 Å². The van der Waals surface area contributed by atoms with Gasteiger partial charge in [0.1, 0.15) is 16.3 Å². The summed E-state index contributed by atoms with van der Waals surface area (Å²) >= 11 is 5.01. The van der Waals surface area contributed by atoms with Gasteiger partial charge in [-0.1, -0.05) is 18.3 Å². The standard InChI is InChI=1S/C12H12N2OS/c1-7-3-4-8-9(12(13)16)5-6-10(15-2)11(8)14-7/h3-6H,1-2H3,(H2,13,16). The van der Waals surface area contributed by atoms with E-state index in [0.717, 1.165) is 27.9 Å². The average Bonchev–Trinajstić information content (AvgIpc) is 2.27. The number of benzene rings is 1. The number of aryl methyl sites for hydroxylation is 1. The van der Waals surface area contributed by atoms with E-state index in [9.17, 15) is 0 Å². The largest absolute Gasteiger partial charge is 0.494 e. The lowest BCUT2D eigenvalue weighted by molar-refractivity contribution is 0.419. The molecule has 16 heavy (non-hydrogen) atoms. The molecule has 0 amide bonds. The molecule has 1 aromatic heterocycles. The van der Waals surface area contributed by atoms with Crippen LogP contribution in [0, 0.1) is 6.92 Å². The van der Waals surface area contributed by atoms with Crippen molar-refractivity contribution in [3.05, 3.63) is 35.5 Å². The van der Waals surface area contributed by atoms with Crippen LogP contribution in [0.4, 0.5) is 0 Å². The first-order valence-corrected chi connectivity index (χ1v) is 5.28. The molecule has 4 heteroatoms. The Labute approximate surface area is 99.2 Å². The molecule has 2 N–H and O–H groups in total. The van der Waals surface area contributed by atoms with E-state index in [4.69, 9.17) is 22.7 Å². The third kappa shape index (κ3) is 1.72. The minimum atomic E-state index is 0.373. The van der Waals surface area contributed by atoms with E-state index in [1.54, 1.807) is 7.11 Å². The van der Waals surface area contributed by atoms with Crippen molar-refractivity contribution in [2.45, 2.75) is 6.92 Å². The van der Waals surface area contributed by atoms with Gasteiger partial charge < -0.3 is 10.5 Å². The molecular weight excluding hydrogens is 220 g/mol. The number of ether oxygens (including phenoxy) is 1. The van der Waals surface area contributed by atoms with Gasteiger partial charge in [-0.3, -0.25) is 0 Å². The monoisotopic (exact) mass is 232 g/mol. The number of nitrogens with zero attached hydrogens (tertiary/aromatic N) is 1. The van der Waals surface area contributed by atoms with Gasteiger partial charge in [0.25, 0.3) is 0 Å². The van der Waals surface area contributed by atoms with Gasteiger partial charge in [0.15, 0.2) is 0 Å². The van der Waals surface area contributed by atoms with Crippen LogP contribution in [-0.4, -0.2) is 17.1 Å². The molecule has 0 saturated carbocycles. The first kappa shape index (κ1) is 10.8. The maximum atomic E-state index is 5.67. The maximum absolute atomic E-state index is 5.67. The lowest BCUT2D eigenvalue weighted by Crippen LogP contribution is -2.10. The normalized spacial score (nSPS) is 10.4. The van der Waals surface area contributed by atoms with Gasteiger partial charge >= 0.3 is 0 Å². The van der Waals surface area contributed by atoms with Crippen LogP contribution < -0.4 is 10.5 Å². The van der Waals surface area contributed by atoms with Gasteiger partial charge in [0.2, 0.25) is 0 Å². The number of thiocarbonyl (C=S) groups is 1. The van der Waals surface area contributed by atoms with E-state index in [2.05, 4.69) is 4.98 Å². The fraction of sp³-hybridized carbons (Fsp3) is 0.167. The van der Waals surface area contributed by atoms with Crippen molar-refractivity contribution < 1.29 is 4.74 Å². The number of fused-ring (bicyclic) bond motifs is 1. The number of nitrogens with two attached hydrogens (primary N) is 1. The molecule has 0 fully saturated rings. The summed E-state index contributed by atoms with van der Waals surface area (Å²) in [7, 11) is 1.62. The van der Waals surface area contributed by atoms with Crippen LogP contribution in [0.15, 0.2) is 24.3 Å². The highest BCUT2D eigenvalue weighted by Crippen LogP contribution is 2.27. The van der Waals surface area contributed by atoms with Gasteiger partial charge in [-0.15, -0.1) is 0 Å². The second-order valence-corrected chi connectivity index (χ2v) is 3.97. The molecule has 0 saturated heterocycles.